The Labute approximate surface area is 198 Å². The van der Waals surface area contributed by atoms with E-state index >= 15 is 0 Å². The molecule has 2 aromatic carbocycles. The van der Waals surface area contributed by atoms with E-state index < -0.39 is 0 Å². The van der Waals surface area contributed by atoms with E-state index in [9.17, 15) is 4.79 Å². The number of halogens is 1. The Kier molecular flexibility index (Phi) is 6.77. The molecule has 2 heterocycles. The van der Waals surface area contributed by atoms with Crippen molar-refractivity contribution in [2.24, 2.45) is 0 Å². The number of hydrogen-bond acceptors (Lipinski definition) is 5. The molecular weight excluding hydrogens is 436 g/mol. The third-order valence-corrected chi connectivity index (χ3v) is 6.11. The van der Waals surface area contributed by atoms with Crippen molar-refractivity contribution in [2.75, 3.05) is 27.2 Å². The fourth-order valence-electron chi connectivity index (χ4n) is 4.39. The molecule has 1 unspecified atom stereocenters. The fraction of sp³-hybridized carbons (Fsp3) is 0.269. The molecular formula is C26H27ClN4O2. The molecule has 0 radical (unpaired) electrons. The van der Waals surface area contributed by atoms with Crippen molar-refractivity contribution >= 4 is 23.2 Å². The minimum atomic E-state index is -0.353. The molecule has 0 N–H and O–H groups in total. The topological polar surface area (TPSA) is 59.7 Å². The second-order valence-corrected chi connectivity index (χ2v) is 9.04. The number of aromatic nitrogens is 3. The van der Waals surface area contributed by atoms with Crippen molar-refractivity contribution in [3.63, 3.8) is 0 Å². The van der Waals surface area contributed by atoms with Gasteiger partial charge in [-0.1, -0.05) is 61.0 Å². The molecule has 0 fully saturated rings. The van der Waals surface area contributed by atoms with Gasteiger partial charge in [-0.05, 0) is 42.8 Å². The van der Waals surface area contributed by atoms with Crippen LogP contribution in [-0.4, -0.2) is 52.7 Å². The lowest BCUT2D eigenvalue weighted by atomic mass is 9.79. The van der Waals surface area contributed by atoms with Crippen LogP contribution in [0.1, 0.15) is 18.2 Å². The molecule has 33 heavy (non-hydrogen) atoms. The van der Waals surface area contributed by atoms with Crippen LogP contribution < -0.4 is 0 Å². The van der Waals surface area contributed by atoms with Gasteiger partial charge in [0.2, 0.25) is 0 Å². The molecule has 6 nitrogen and oxygen atoms in total. The zero-order valence-electron chi connectivity index (χ0n) is 19.0. The number of rotatable bonds is 8. The summed E-state index contributed by atoms with van der Waals surface area (Å²) in [6.07, 6.45) is 4.44. The predicted octanol–water partition coefficient (Wildman–Crippen LogP) is 4.65. The Morgan fingerprint density at radius 1 is 1.12 bits per heavy atom. The van der Waals surface area contributed by atoms with Gasteiger partial charge in [0.1, 0.15) is 0 Å². The van der Waals surface area contributed by atoms with E-state index in [2.05, 4.69) is 24.0 Å². The third kappa shape index (κ3) is 5.07. The number of ether oxygens (including phenoxy) is 1. The second-order valence-electron chi connectivity index (χ2n) is 8.60. The maximum absolute atomic E-state index is 11.9. The second kappa shape index (κ2) is 9.73. The van der Waals surface area contributed by atoms with Gasteiger partial charge in [-0.3, -0.25) is 9.69 Å². The molecule has 0 aliphatic carbocycles. The van der Waals surface area contributed by atoms with E-state index in [1.807, 2.05) is 77.4 Å². The highest BCUT2D eigenvalue weighted by molar-refractivity contribution is 6.30. The monoisotopic (exact) mass is 462 g/mol. The van der Waals surface area contributed by atoms with Crippen LogP contribution in [0.5, 0.6) is 0 Å². The van der Waals surface area contributed by atoms with E-state index in [1.54, 1.807) is 0 Å². The molecule has 0 saturated carbocycles. The highest BCUT2D eigenvalue weighted by Crippen LogP contribution is 2.32. The average molecular weight is 463 g/mol. The Morgan fingerprint density at radius 3 is 2.55 bits per heavy atom. The summed E-state index contributed by atoms with van der Waals surface area (Å²) in [6, 6.07) is 20.0. The van der Waals surface area contributed by atoms with E-state index in [-0.39, 0.29) is 17.9 Å². The molecule has 4 aromatic rings. The number of fused-ring (bicyclic) bond motifs is 1. The van der Waals surface area contributed by atoms with Crippen LogP contribution in [0.15, 0.2) is 73.1 Å². The number of methoxy groups -OCH3 is 1. The molecule has 0 aliphatic rings. The number of hydrogen-bond donors (Lipinski definition) is 0. The van der Waals surface area contributed by atoms with Crippen molar-refractivity contribution in [3.05, 3.63) is 89.3 Å². The number of benzene rings is 2. The first-order valence-electron chi connectivity index (χ1n) is 10.8. The average Bonchev–Trinajstić information content (AvgIpc) is 3.24. The number of likely N-dealkylation sites (N-methyl/N-ethyl adjacent to an activating group) is 1. The Morgan fingerprint density at radius 2 is 1.85 bits per heavy atom. The number of carbonyl (C=O) groups is 1. The minimum absolute atomic E-state index is 0.213. The van der Waals surface area contributed by atoms with E-state index in [4.69, 9.17) is 21.4 Å². The Bertz CT molecular complexity index is 1240. The first kappa shape index (κ1) is 23.0. The SMILES string of the molecule is COC(=O)CN(C)CC(C)(Cc1ccccc1)c1ccnc2c(-c3ccc(Cl)cc3)cnn12. The largest absolute Gasteiger partial charge is 0.468 e. The van der Waals surface area contributed by atoms with Gasteiger partial charge < -0.3 is 4.74 Å². The Balaban J connectivity index is 1.78. The van der Waals surface area contributed by atoms with Gasteiger partial charge >= 0.3 is 5.97 Å². The highest BCUT2D eigenvalue weighted by Gasteiger charge is 2.32. The third-order valence-electron chi connectivity index (χ3n) is 5.86. The minimum Gasteiger partial charge on any atom is -0.468 e. The van der Waals surface area contributed by atoms with Gasteiger partial charge in [0.25, 0.3) is 0 Å². The zero-order chi connectivity index (χ0) is 23.4. The summed E-state index contributed by atoms with van der Waals surface area (Å²) in [5.74, 6) is -0.261. The summed E-state index contributed by atoms with van der Waals surface area (Å²) in [7, 11) is 3.34. The molecule has 4 rings (SSSR count). The maximum atomic E-state index is 11.9. The summed E-state index contributed by atoms with van der Waals surface area (Å²) in [5, 5.41) is 5.41. The molecule has 170 valence electrons. The number of nitrogens with zero attached hydrogens (tertiary/aromatic N) is 4. The number of carbonyl (C=O) groups excluding carboxylic acids is 1. The molecule has 0 aliphatic heterocycles. The quantitative estimate of drug-likeness (QED) is 0.356. The van der Waals surface area contributed by atoms with Crippen molar-refractivity contribution < 1.29 is 9.53 Å². The van der Waals surface area contributed by atoms with Crippen LogP contribution in [0.2, 0.25) is 5.02 Å². The van der Waals surface area contributed by atoms with Crippen LogP contribution in [0.4, 0.5) is 0 Å². The van der Waals surface area contributed by atoms with Crippen molar-refractivity contribution in [2.45, 2.75) is 18.8 Å². The first-order valence-corrected chi connectivity index (χ1v) is 11.2. The lowest BCUT2D eigenvalue weighted by molar-refractivity contribution is -0.141. The summed E-state index contributed by atoms with van der Waals surface area (Å²) in [5.41, 5.74) is 4.61. The van der Waals surface area contributed by atoms with Crippen LogP contribution in [0.3, 0.4) is 0 Å². The van der Waals surface area contributed by atoms with E-state index in [0.717, 1.165) is 28.9 Å². The lowest BCUT2D eigenvalue weighted by Crippen LogP contribution is -2.42. The summed E-state index contributed by atoms with van der Waals surface area (Å²) < 4.78 is 6.79. The summed E-state index contributed by atoms with van der Waals surface area (Å²) >= 11 is 6.07. The van der Waals surface area contributed by atoms with Gasteiger partial charge in [0.05, 0.1) is 25.5 Å². The molecule has 7 heteroatoms. The van der Waals surface area contributed by atoms with Crippen molar-refractivity contribution in [1.29, 1.82) is 0 Å². The van der Waals surface area contributed by atoms with Gasteiger partial charge in [-0.2, -0.15) is 5.10 Å². The van der Waals surface area contributed by atoms with Gasteiger partial charge in [0, 0.05) is 28.7 Å². The highest BCUT2D eigenvalue weighted by atomic mass is 35.5. The van der Waals surface area contributed by atoms with Crippen molar-refractivity contribution in [1.82, 2.24) is 19.5 Å². The fourth-order valence-corrected chi connectivity index (χ4v) is 4.52. The van der Waals surface area contributed by atoms with E-state index in [1.165, 1.54) is 12.7 Å². The summed E-state index contributed by atoms with van der Waals surface area (Å²) in [4.78, 5) is 18.5. The standard InChI is InChI=1S/C26H27ClN4O2/c1-26(15-19-7-5-4-6-8-19,18-30(2)17-24(32)33-3)23-13-14-28-25-22(16-29-31(23)25)20-9-11-21(27)12-10-20/h4-14,16H,15,17-18H2,1-3H3. The predicted molar refractivity (Wildman–Crippen MR) is 130 cm³/mol. The normalized spacial score (nSPS) is 13.2. The van der Waals surface area contributed by atoms with Gasteiger partial charge in [-0.25, -0.2) is 9.50 Å². The van der Waals surface area contributed by atoms with Crippen LogP contribution in [0.25, 0.3) is 16.8 Å². The molecule has 0 saturated heterocycles. The molecule has 1 atom stereocenters. The first-order chi connectivity index (χ1) is 15.9. The molecule has 0 spiro atoms. The van der Waals surface area contributed by atoms with Crippen molar-refractivity contribution in [3.8, 4) is 11.1 Å². The Hall–Kier alpha value is -3.22. The molecule has 2 aromatic heterocycles. The van der Waals surface area contributed by atoms with Gasteiger partial charge in [0.15, 0.2) is 5.65 Å². The van der Waals surface area contributed by atoms with E-state index in [0.29, 0.717) is 11.6 Å². The van der Waals surface area contributed by atoms with Crippen LogP contribution in [0, 0.1) is 0 Å². The zero-order valence-corrected chi connectivity index (χ0v) is 19.8. The molecule has 0 amide bonds. The van der Waals surface area contributed by atoms with Gasteiger partial charge in [-0.15, -0.1) is 0 Å². The smallest absolute Gasteiger partial charge is 0.319 e. The maximum Gasteiger partial charge on any atom is 0.319 e. The molecule has 0 bridgehead atoms. The van der Waals surface area contributed by atoms with Crippen LogP contribution >= 0.6 is 11.6 Å². The summed E-state index contributed by atoms with van der Waals surface area (Å²) in [6.45, 7) is 3.04. The lowest BCUT2D eigenvalue weighted by Gasteiger charge is -2.34. The van der Waals surface area contributed by atoms with Crippen LogP contribution in [-0.2, 0) is 21.4 Å². The number of esters is 1.